The first-order valence-electron chi connectivity index (χ1n) is 10.9. The molecule has 11 heteroatoms. The predicted octanol–water partition coefficient (Wildman–Crippen LogP) is 2.59. The molecule has 2 bridgehead atoms. The number of benzene rings is 2. The molecule has 0 aliphatic carbocycles. The maximum Gasteiger partial charge on any atom is 0.320 e. The standard InChI is InChI=1S/C23H27F2N3O5S/c1-27-10-11-33-20-9-4-3-7-16(20)17-8-5-6-15(22(17)32-2)12-19-21(26-34(30,31)14-24)18(25)13-28(19)23(27)29/h3-9,18-19,21,26H,10-14H2,1-2H3/t18-,19-,21-/m0/s1. The van der Waals surface area contributed by atoms with Gasteiger partial charge in [-0.3, -0.25) is 0 Å². The van der Waals surface area contributed by atoms with Gasteiger partial charge in [0.25, 0.3) is 0 Å². The predicted molar refractivity (Wildman–Crippen MR) is 123 cm³/mol. The molecular weight excluding hydrogens is 468 g/mol. The number of carbonyl (C=O) groups is 1. The molecule has 184 valence electrons. The Kier molecular flexibility index (Phi) is 6.94. The first-order chi connectivity index (χ1) is 16.3. The Bertz CT molecular complexity index is 1160. The van der Waals surface area contributed by atoms with E-state index in [9.17, 15) is 17.6 Å². The van der Waals surface area contributed by atoms with Crippen LogP contribution in [-0.2, 0) is 16.4 Å². The molecule has 0 saturated carbocycles. The molecule has 8 nitrogen and oxygen atoms in total. The first-order valence-corrected chi connectivity index (χ1v) is 12.5. The highest BCUT2D eigenvalue weighted by Gasteiger charge is 2.47. The highest BCUT2D eigenvalue weighted by Crippen LogP contribution is 2.40. The van der Waals surface area contributed by atoms with Crippen molar-refractivity contribution in [2.75, 3.05) is 39.9 Å². The van der Waals surface area contributed by atoms with Gasteiger partial charge >= 0.3 is 6.03 Å². The second-order valence-electron chi connectivity index (χ2n) is 8.35. The number of urea groups is 1. The van der Waals surface area contributed by atoms with Crippen molar-refractivity contribution in [1.29, 1.82) is 0 Å². The van der Waals surface area contributed by atoms with Crippen molar-refractivity contribution >= 4 is 16.1 Å². The number of hydrogen-bond donors (Lipinski definition) is 1. The Morgan fingerprint density at radius 2 is 1.91 bits per heavy atom. The van der Waals surface area contributed by atoms with E-state index in [1.807, 2.05) is 36.4 Å². The number of fused-ring (bicyclic) bond motifs is 5. The molecule has 0 radical (unpaired) electrons. The fourth-order valence-electron chi connectivity index (χ4n) is 4.57. The lowest BCUT2D eigenvalue weighted by molar-refractivity contribution is 0.146. The minimum Gasteiger partial charge on any atom is -0.496 e. The molecule has 1 N–H and O–H groups in total. The summed E-state index contributed by atoms with van der Waals surface area (Å²) in [5.74, 6) is 1.13. The van der Waals surface area contributed by atoms with Crippen LogP contribution >= 0.6 is 0 Å². The Morgan fingerprint density at radius 3 is 2.65 bits per heavy atom. The summed E-state index contributed by atoms with van der Waals surface area (Å²) >= 11 is 0. The first kappa shape index (κ1) is 24.2. The van der Waals surface area contributed by atoms with Crippen molar-refractivity contribution in [3.05, 3.63) is 48.0 Å². The van der Waals surface area contributed by atoms with Crippen molar-refractivity contribution in [3.63, 3.8) is 0 Å². The molecule has 0 unspecified atom stereocenters. The molecule has 4 rings (SSSR count). The number of carbonyl (C=O) groups excluding carboxylic acids is 1. The Balaban J connectivity index is 1.84. The number of likely N-dealkylation sites (N-methyl/N-ethyl adjacent to an activating group) is 1. The SMILES string of the molecule is COc1c2cccc1-c1ccccc1OCCN(C)C(=O)N1C[C@H](F)[C@H](NS(=O)(=O)CF)[C@@H]1C2. The minimum absolute atomic E-state index is 0.0967. The molecule has 2 aromatic rings. The smallest absolute Gasteiger partial charge is 0.320 e. The van der Waals surface area contributed by atoms with Crippen LogP contribution in [0.2, 0.25) is 0 Å². The summed E-state index contributed by atoms with van der Waals surface area (Å²) < 4.78 is 65.9. The topological polar surface area (TPSA) is 88.2 Å². The van der Waals surface area contributed by atoms with E-state index in [4.69, 9.17) is 9.47 Å². The van der Waals surface area contributed by atoms with E-state index >= 15 is 4.39 Å². The summed E-state index contributed by atoms with van der Waals surface area (Å²) in [6.07, 6.45) is -1.61. The zero-order valence-corrected chi connectivity index (χ0v) is 19.7. The molecule has 2 aromatic carbocycles. The van der Waals surface area contributed by atoms with Crippen molar-refractivity contribution in [1.82, 2.24) is 14.5 Å². The fourth-order valence-corrected chi connectivity index (χ4v) is 5.35. The third kappa shape index (κ3) is 4.67. The van der Waals surface area contributed by atoms with Gasteiger partial charge in [0.2, 0.25) is 16.0 Å². The Hall–Kier alpha value is -2.92. The number of alkyl halides is 2. The van der Waals surface area contributed by atoms with Crippen molar-refractivity contribution in [2.45, 2.75) is 24.7 Å². The number of nitrogens with zero attached hydrogens (tertiary/aromatic N) is 2. The third-order valence-electron chi connectivity index (χ3n) is 6.20. The van der Waals surface area contributed by atoms with Gasteiger partial charge in [-0.2, -0.15) is 0 Å². The third-order valence-corrected chi connectivity index (χ3v) is 7.12. The molecule has 2 amide bonds. The highest BCUT2D eigenvalue weighted by atomic mass is 32.2. The van der Waals surface area contributed by atoms with E-state index in [1.165, 1.54) is 16.9 Å². The summed E-state index contributed by atoms with van der Waals surface area (Å²) in [6, 6.07) is 8.55. The van der Waals surface area contributed by atoms with Crippen LogP contribution in [0.3, 0.4) is 0 Å². The number of halogens is 2. The van der Waals surface area contributed by atoms with Gasteiger partial charge in [-0.25, -0.2) is 26.7 Å². The van der Waals surface area contributed by atoms with Gasteiger partial charge in [-0.1, -0.05) is 36.4 Å². The van der Waals surface area contributed by atoms with E-state index in [2.05, 4.69) is 4.72 Å². The average molecular weight is 496 g/mol. The molecule has 0 spiro atoms. The number of nitrogens with one attached hydrogen (secondary N) is 1. The van der Waals surface area contributed by atoms with Crippen molar-refractivity contribution in [2.24, 2.45) is 0 Å². The molecular formula is C23H27F2N3O5S. The normalized spacial score (nSPS) is 23.2. The van der Waals surface area contributed by atoms with Crippen molar-refractivity contribution in [3.8, 4) is 22.6 Å². The molecule has 2 heterocycles. The van der Waals surface area contributed by atoms with Crippen LogP contribution in [0, 0.1) is 0 Å². The van der Waals surface area contributed by atoms with Gasteiger partial charge in [-0.05, 0) is 18.1 Å². The molecule has 1 fully saturated rings. The van der Waals surface area contributed by atoms with Gasteiger partial charge in [0.15, 0.2) is 0 Å². The van der Waals surface area contributed by atoms with E-state index in [1.54, 1.807) is 13.1 Å². The van der Waals surface area contributed by atoms with E-state index in [-0.39, 0.29) is 26.1 Å². The second-order valence-corrected chi connectivity index (χ2v) is 10.0. The van der Waals surface area contributed by atoms with Crippen molar-refractivity contribution < 1.29 is 31.5 Å². The molecule has 0 aromatic heterocycles. The molecule has 3 atom stereocenters. The number of ether oxygens (including phenoxy) is 2. The second kappa shape index (κ2) is 9.75. The molecule has 34 heavy (non-hydrogen) atoms. The van der Waals surface area contributed by atoms with Crippen LogP contribution in [0.4, 0.5) is 13.6 Å². The lowest BCUT2D eigenvalue weighted by atomic mass is 9.95. The molecule has 1 saturated heterocycles. The minimum atomic E-state index is -4.36. The van der Waals surface area contributed by atoms with Gasteiger partial charge in [0.05, 0.1) is 32.3 Å². The zero-order valence-electron chi connectivity index (χ0n) is 18.9. The van der Waals surface area contributed by atoms with Crippen LogP contribution in [0.1, 0.15) is 5.56 Å². The lowest BCUT2D eigenvalue weighted by Gasteiger charge is -2.31. The zero-order chi connectivity index (χ0) is 24.5. The maximum absolute atomic E-state index is 15.1. The van der Waals surface area contributed by atoms with Crippen LogP contribution in [0.5, 0.6) is 11.5 Å². The summed E-state index contributed by atoms with van der Waals surface area (Å²) in [5, 5.41) is 0. The number of para-hydroxylation sites is 2. The van der Waals surface area contributed by atoms with Gasteiger partial charge < -0.3 is 19.3 Å². The molecule has 2 aliphatic rings. The maximum atomic E-state index is 15.1. The van der Waals surface area contributed by atoms with Crippen LogP contribution in [0.15, 0.2) is 42.5 Å². The van der Waals surface area contributed by atoms with Crippen LogP contribution in [0.25, 0.3) is 11.1 Å². The van der Waals surface area contributed by atoms with Crippen LogP contribution in [-0.4, -0.2) is 82.4 Å². The summed E-state index contributed by atoms with van der Waals surface area (Å²) in [5.41, 5.74) is 2.19. The summed E-state index contributed by atoms with van der Waals surface area (Å²) in [4.78, 5) is 15.9. The quantitative estimate of drug-likeness (QED) is 0.705. The number of hydrogen-bond acceptors (Lipinski definition) is 5. The lowest BCUT2D eigenvalue weighted by Crippen LogP contribution is -2.52. The Labute approximate surface area is 197 Å². The van der Waals surface area contributed by atoms with E-state index in [0.29, 0.717) is 17.1 Å². The van der Waals surface area contributed by atoms with Crippen LogP contribution < -0.4 is 14.2 Å². The fraction of sp³-hybridized carbons (Fsp3) is 0.435. The monoisotopic (exact) mass is 495 g/mol. The largest absolute Gasteiger partial charge is 0.496 e. The Morgan fingerprint density at radius 1 is 1.18 bits per heavy atom. The number of amides is 2. The van der Waals surface area contributed by atoms with Gasteiger partial charge in [0.1, 0.15) is 24.3 Å². The average Bonchev–Trinajstić information content (AvgIpc) is 3.12. The summed E-state index contributed by atoms with van der Waals surface area (Å²) in [7, 11) is -1.28. The molecule has 2 aliphatic heterocycles. The number of sulfonamides is 1. The highest BCUT2D eigenvalue weighted by molar-refractivity contribution is 7.89. The number of rotatable bonds is 4. The van der Waals surface area contributed by atoms with E-state index in [0.717, 1.165) is 11.1 Å². The van der Waals surface area contributed by atoms with E-state index < -0.39 is 40.3 Å². The van der Waals surface area contributed by atoms with Gasteiger partial charge in [-0.15, -0.1) is 0 Å². The van der Waals surface area contributed by atoms with Gasteiger partial charge in [0, 0.05) is 18.2 Å². The number of methoxy groups -OCH3 is 1. The summed E-state index contributed by atoms with van der Waals surface area (Å²) in [6.45, 7) is 0.0933.